The Morgan fingerprint density at radius 3 is 2.39 bits per heavy atom. The predicted octanol–water partition coefficient (Wildman–Crippen LogP) is 4.26. The van der Waals surface area contributed by atoms with Crippen LogP contribution in [0.2, 0.25) is 0 Å². The van der Waals surface area contributed by atoms with Gasteiger partial charge in [0.25, 0.3) is 0 Å². The second kappa shape index (κ2) is 9.65. The summed E-state index contributed by atoms with van der Waals surface area (Å²) in [5.41, 5.74) is 2.48. The molecule has 0 aromatic heterocycles. The van der Waals surface area contributed by atoms with Gasteiger partial charge in [-0.1, -0.05) is 18.2 Å². The monoisotopic (exact) mass is 381 g/mol. The number of carbonyl (C=O) groups is 1. The van der Waals surface area contributed by atoms with E-state index in [-0.39, 0.29) is 18.2 Å². The molecule has 2 aromatic carbocycles. The zero-order valence-corrected chi connectivity index (χ0v) is 17.0. The fourth-order valence-corrected chi connectivity index (χ4v) is 2.71. The van der Waals surface area contributed by atoms with E-state index in [4.69, 9.17) is 14.7 Å². The first kappa shape index (κ1) is 21.1. The van der Waals surface area contributed by atoms with Gasteiger partial charge >= 0.3 is 6.03 Å². The molecule has 0 bridgehead atoms. The van der Waals surface area contributed by atoms with Crippen molar-refractivity contribution in [1.82, 2.24) is 10.2 Å². The van der Waals surface area contributed by atoms with Gasteiger partial charge in [-0.25, -0.2) is 4.79 Å². The fourth-order valence-electron chi connectivity index (χ4n) is 2.71. The van der Waals surface area contributed by atoms with E-state index in [1.165, 1.54) is 0 Å². The van der Waals surface area contributed by atoms with Crippen molar-refractivity contribution < 1.29 is 14.3 Å². The van der Waals surface area contributed by atoms with E-state index in [1.54, 1.807) is 31.2 Å². The molecule has 0 fully saturated rings. The molecule has 0 saturated heterocycles. The number of urea groups is 1. The van der Waals surface area contributed by atoms with Gasteiger partial charge in [0.05, 0.1) is 30.9 Å². The number of nitrogens with one attached hydrogen (secondary N) is 1. The first-order valence-corrected chi connectivity index (χ1v) is 9.19. The fraction of sp³-hybridized carbons (Fsp3) is 0.364. The molecule has 0 aliphatic rings. The Bertz CT molecular complexity index is 841. The zero-order chi connectivity index (χ0) is 20.7. The molecule has 2 amide bonds. The quantitative estimate of drug-likeness (QED) is 0.778. The van der Waals surface area contributed by atoms with Crippen molar-refractivity contribution in [3.63, 3.8) is 0 Å². The number of rotatable bonds is 7. The summed E-state index contributed by atoms with van der Waals surface area (Å²) in [4.78, 5) is 14.1. The number of nitrogens with zero attached hydrogens (tertiary/aromatic N) is 2. The Morgan fingerprint density at radius 1 is 1.14 bits per heavy atom. The van der Waals surface area contributed by atoms with E-state index in [2.05, 4.69) is 11.4 Å². The lowest BCUT2D eigenvalue weighted by Crippen LogP contribution is -2.38. The number of hydrogen-bond donors (Lipinski definition) is 1. The number of hydrogen-bond acceptors (Lipinski definition) is 4. The standard InChI is InChI=1S/C22H27N3O3/c1-15(2)28-20-11-10-19(12-21(20)27-5)16(3)24-22(26)25(4)14-18-8-6-17(13-23)7-9-18/h6-12,15-16H,14H2,1-5H3,(H,24,26). The largest absolute Gasteiger partial charge is 0.493 e. The number of carbonyl (C=O) groups excluding carboxylic acids is 1. The van der Waals surface area contributed by atoms with Gasteiger partial charge in [0.2, 0.25) is 0 Å². The molecule has 1 atom stereocenters. The highest BCUT2D eigenvalue weighted by Gasteiger charge is 2.16. The molecular formula is C22H27N3O3. The van der Waals surface area contributed by atoms with Crippen LogP contribution in [-0.2, 0) is 6.54 Å². The van der Waals surface area contributed by atoms with Gasteiger partial charge in [0, 0.05) is 13.6 Å². The Balaban J connectivity index is 2.01. The topological polar surface area (TPSA) is 74.6 Å². The third-order valence-corrected chi connectivity index (χ3v) is 4.24. The van der Waals surface area contributed by atoms with Crippen LogP contribution in [0.3, 0.4) is 0 Å². The van der Waals surface area contributed by atoms with Gasteiger partial charge in [-0.3, -0.25) is 0 Å². The van der Waals surface area contributed by atoms with E-state index in [0.717, 1.165) is 11.1 Å². The van der Waals surface area contributed by atoms with Gasteiger partial charge in [-0.05, 0) is 56.2 Å². The van der Waals surface area contributed by atoms with E-state index in [1.807, 2.05) is 51.1 Å². The smallest absolute Gasteiger partial charge is 0.317 e. The molecule has 0 saturated carbocycles. The highest BCUT2D eigenvalue weighted by Crippen LogP contribution is 2.31. The maximum atomic E-state index is 12.5. The lowest BCUT2D eigenvalue weighted by atomic mass is 10.1. The third-order valence-electron chi connectivity index (χ3n) is 4.24. The van der Waals surface area contributed by atoms with Crippen molar-refractivity contribution in [2.75, 3.05) is 14.2 Å². The SMILES string of the molecule is COc1cc(C(C)NC(=O)N(C)Cc2ccc(C#N)cc2)ccc1OC(C)C. The van der Waals surface area contributed by atoms with Gasteiger partial charge in [0.1, 0.15) is 0 Å². The molecule has 0 heterocycles. The number of amides is 2. The second-order valence-electron chi connectivity index (χ2n) is 6.91. The summed E-state index contributed by atoms with van der Waals surface area (Å²) in [6.45, 7) is 6.29. The third kappa shape index (κ3) is 5.65. The Morgan fingerprint density at radius 2 is 1.82 bits per heavy atom. The Kier molecular flexibility index (Phi) is 7.28. The minimum absolute atomic E-state index is 0.0488. The molecule has 148 valence electrons. The van der Waals surface area contributed by atoms with Crippen molar-refractivity contribution in [3.8, 4) is 17.6 Å². The van der Waals surface area contributed by atoms with Crippen molar-refractivity contribution in [2.24, 2.45) is 0 Å². The summed E-state index contributed by atoms with van der Waals surface area (Å²) in [7, 11) is 3.33. The van der Waals surface area contributed by atoms with Crippen molar-refractivity contribution >= 4 is 6.03 Å². The van der Waals surface area contributed by atoms with E-state index in [9.17, 15) is 4.79 Å². The molecule has 0 aliphatic heterocycles. The predicted molar refractivity (Wildman–Crippen MR) is 108 cm³/mol. The summed E-state index contributed by atoms with van der Waals surface area (Å²) >= 11 is 0. The Hall–Kier alpha value is -3.20. The maximum absolute atomic E-state index is 12.5. The zero-order valence-electron chi connectivity index (χ0n) is 17.0. The van der Waals surface area contributed by atoms with Crippen molar-refractivity contribution in [2.45, 2.75) is 39.5 Å². The van der Waals surface area contributed by atoms with Crippen LogP contribution in [0.5, 0.6) is 11.5 Å². The van der Waals surface area contributed by atoms with Crippen molar-refractivity contribution in [1.29, 1.82) is 5.26 Å². The average molecular weight is 381 g/mol. The maximum Gasteiger partial charge on any atom is 0.317 e. The highest BCUT2D eigenvalue weighted by atomic mass is 16.5. The minimum Gasteiger partial charge on any atom is -0.493 e. The summed E-state index contributed by atoms with van der Waals surface area (Å²) in [6.07, 6.45) is 0.0488. The molecule has 2 aromatic rings. The van der Waals surface area contributed by atoms with Crippen LogP contribution in [0.4, 0.5) is 4.79 Å². The minimum atomic E-state index is -0.196. The summed E-state index contributed by atoms with van der Waals surface area (Å²) in [6, 6.07) is 14.6. The number of nitriles is 1. The molecule has 6 nitrogen and oxygen atoms in total. The second-order valence-corrected chi connectivity index (χ2v) is 6.91. The van der Waals surface area contributed by atoms with Crippen molar-refractivity contribution in [3.05, 3.63) is 59.2 Å². The van der Waals surface area contributed by atoms with Crippen LogP contribution in [0.1, 0.15) is 43.5 Å². The van der Waals surface area contributed by atoms with Crippen LogP contribution >= 0.6 is 0 Å². The van der Waals surface area contributed by atoms with Gasteiger partial charge in [0.15, 0.2) is 11.5 Å². The number of benzene rings is 2. The molecule has 2 rings (SSSR count). The molecular weight excluding hydrogens is 354 g/mol. The molecule has 0 spiro atoms. The summed E-state index contributed by atoms with van der Waals surface area (Å²) in [5, 5.41) is 11.9. The van der Waals surface area contributed by atoms with Gasteiger partial charge in [-0.15, -0.1) is 0 Å². The molecule has 28 heavy (non-hydrogen) atoms. The highest BCUT2D eigenvalue weighted by molar-refractivity contribution is 5.74. The molecule has 0 radical (unpaired) electrons. The molecule has 0 aliphatic carbocycles. The van der Waals surface area contributed by atoms with Crippen LogP contribution in [-0.4, -0.2) is 31.2 Å². The molecule has 1 N–H and O–H groups in total. The van der Waals surface area contributed by atoms with Crippen LogP contribution in [0, 0.1) is 11.3 Å². The first-order valence-electron chi connectivity index (χ1n) is 9.19. The molecule has 6 heteroatoms. The van der Waals surface area contributed by atoms with Gasteiger partial charge in [-0.2, -0.15) is 5.26 Å². The average Bonchev–Trinajstić information content (AvgIpc) is 2.68. The summed E-state index contributed by atoms with van der Waals surface area (Å²) < 4.78 is 11.1. The van der Waals surface area contributed by atoms with E-state index >= 15 is 0 Å². The number of methoxy groups -OCH3 is 1. The van der Waals surface area contributed by atoms with Crippen LogP contribution in [0.15, 0.2) is 42.5 Å². The van der Waals surface area contributed by atoms with Gasteiger partial charge < -0.3 is 19.7 Å². The molecule has 1 unspecified atom stereocenters. The van der Waals surface area contributed by atoms with E-state index < -0.39 is 0 Å². The lowest BCUT2D eigenvalue weighted by molar-refractivity contribution is 0.203. The lowest BCUT2D eigenvalue weighted by Gasteiger charge is -2.22. The first-order chi connectivity index (χ1) is 13.3. The van der Waals surface area contributed by atoms with Crippen LogP contribution in [0.25, 0.3) is 0 Å². The van der Waals surface area contributed by atoms with E-state index in [0.29, 0.717) is 23.6 Å². The normalized spacial score (nSPS) is 11.5. The summed E-state index contributed by atoms with van der Waals surface area (Å²) in [5.74, 6) is 1.32. The van der Waals surface area contributed by atoms with Crippen LogP contribution < -0.4 is 14.8 Å². The Labute approximate surface area is 166 Å². The number of ether oxygens (including phenoxy) is 2.